The Labute approximate surface area is 167 Å². The molecular weight excluding hydrogens is 374 g/mol. The summed E-state index contributed by atoms with van der Waals surface area (Å²) in [5.74, 6) is -0.0990. The summed E-state index contributed by atoms with van der Waals surface area (Å²) in [7, 11) is 0. The van der Waals surface area contributed by atoms with Gasteiger partial charge in [0.1, 0.15) is 17.1 Å². The predicted molar refractivity (Wildman–Crippen MR) is 111 cm³/mol. The predicted octanol–water partition coefficient (Wildman–Crippen LogP) is 3.93. The Morgan fingerprint density at radius 2 is 2.00 bits per heavy atom. The van der Waals surface area contributed by atoms with Crippen LogP contribution in [-0.4, -0.2) is 12.5 Å². The number of hydrogen-bond donors (Lipinski definition) is 2. The van der Waals surface area contributed by atoms with Crippen LogP contribution in [0.25, 0.3) is 0 Å². The van der Waals surface area contributed by atoms with E-state index in [-0.39, 0.29) is 11.9 Å². The molecule has 3 rings (SSSR count). The SMILES string of the molecule is CCCc1ccc([C@H]([NH2+]CC(=O)Nc2sccc2C#N)c2cccs2)cc1. The van der Waals surface area contributed by atoms with Crippen LogP contribution in [0.3, 0.4) is 0 Å². The molecule has 0 fully saturated rings. The second kappa shape index (κ2) is 9.47. The Bertz CT molecular complexity index is 908. The molecule has 27 heavy (non-hydrogen) atoms. The average molecular weight is 397 g/mol. The van der Waals surface area contributed by atoms with Gasteiger partial charge in [-0.1, -0.05) is 43.7 Å². The Morgan fingerprint density at radius 3 is 2.67 bits per heavy atom. The fourth-order valence-corrected chi connectivity index (χ4v) is 4.57. The van der Waals surface area contributed by atoms with Gasteiger partial charge in [0.25, 0.3) is 5.91 Å². The minimum absolute atomic E-state index is 0.0881. The lowest BCUT2D eigenvalue weighted by Crippen LogP contribution is -2.87. The van der Waals surface area contributed by atoms with Gasteiger partial charge in [0.15, 0.2) is 6.54 Å². The zero-order chi connectivity index (χ0) is 19.1. The summed E-state index contributed by atoms with van der Waals surface area (Å²) in [6.07, 6.45) is 2.21. The van der Waals surface area contributed by atoms with Crippen LogP contribution in [0.2, 0.25) is 0 Å². The number of hydrogen-bond acceptors (Lipinski definition) is 4. The quantitative estimate of drug-likeness (QED) is 0.606. The minimum Gasteiger partial charge on any atom is -0.328 e. The molecule has 3 N–H and O–H groups in total. The number of carbonyl (C=O) groups is 1. The van der Waals surface area contributed by atoms with E-state index >= 15 is 0 Å². The number of benzene rings is 1. The molecule has 0 aliphatic carbocycles. The molecule has 4 nitrogen and oxygen atoms in total. The third-order valence-electron chi connectivity index (χ3n) is 4.30. The first-order valence-electron chi connectivity index (χ1n) is 8.94. The summed E-state index contributed by atoms with van der Waals surface area (Å²) < 4.78 is 0. The third-order valence-corrected chi connectivity index (χ3v) is 6.09. The maximum absolute atomic E-state index is 12.4. The van der Waals surface area contributed by atoms with Crippen LogP contribution in [-0.2, 0) is 11.2 Å². The van der Waals surface area contributed by atoms with Gasteiger partial charge < -0.3 is 10.6 Å². The molecule has 0 radical (unpaired) electrons. The summed E-state index contributed by atoms with van der Waals surface area (Å²) in [6.45, 7) is 2.47. The van der Waals surface area contributed by atoms with Crippen LogP contribution < -0.4 is 10.6 Å². The smallest absolute Gasteiger partial charge is 0.280 e. The van der Waals surface area contributed by atoms with Crippen molar-refractivity contribution < 1.29 is 10.1 Å². The molecule has 3 aromatic rings. The highest BCUT2D eigenvalue weighted by Gasteiger charge is 2.20. The lowest BCUT2D eigenvalue weighted by atomic mass is 10.0. The third kappa shape index (κ3) is 5.04. The van der Waals surface area contributed by atoms with E-state index in [0.717, 1.165) is 12.8 Å². The highest BCUT2D eigenvalue weighted by atomic mass is 32.1. The van der Waals surface area contributed by atoms with E-state index in [0.29, 0.717) is 17.1 Å². The van der Waals surface area contributed by atoms with E-state index in [1.165, 1.54) is 27.3 Å². The number of quaternary nitrogens is 1. The van der Waals surface area contributed by atoms with Gasteiger partial charge in [0, 0.05) is 5.56 Å². The molecule has 0 unspecified atom stereocenters. The molecular formula is C21H22N3OS2+. The van der Waals surface area contributed by atoms with Gasteiger partial charge in [0.2, 0.25) is 0 Å². The summed E-state index contributed by atoms with van der Waals surface area (Å²) in [4.78, 5) is 13.6. The van der Waals surface area contributed by atoms with Gasteiger partial charge in [-0.05, 0) is 34.9 Å². The first-order valence-corrected chi connectivity index (χ1v) is 10.7. The summed E-state index contributed by atoms with van der Waals surface area (Å²) in [6, 6.07) is 16.7. The van der Waals surface area contributed by atoms with Crippen molar-refractivity contribution >= 4 is 33.6 Å². The van der Waals surface area contributed by atoms with E-state index < -0.39 is 0 Å². The number of nitrogens with zero attached hydrogens (tertiary/aromatic N) is 1. The second-order valence-electron chi connectivity index (χ2n) is 6.25. The topological polar surface area (TPSA) is 69.5 Å². The molecule has 0 aliphatic rings. The first kappa shape index (κ1) is 19.3. The fourth-order valence-electron chi connectivity index (χ4n) is 2.96. The number of aryl methyl sites for hydroxylation is 1. The maximum atomic E-state index is 12.4. The molecule has 0 saturated carbocycles. The second-order valence-corrected chi connectivity index (χ2v) is 8.14. The monoisotopic (exact) mass is 396 g/mol. The average Bonchev–Trinajstić information content (AvgIpc) is 3.35. The molecule has 1 aromatic carbocycles. The van der Waals surface area contributed by atoms with Crippen molar-refractivity contribution in [1.29, 1.82) is 5.26 Å². The van der Waals surface area contributed by atoms with Crippen molar-refractivity contribution in [3.05, 3.63) is 74.8 Å². The van der Waals surface area contributed by atoms with Gasteiger partial charge in [-0.3, -0.25) is 4.79 Å². The van der Waals surface area contributed by atoms with Crippen LogP contribution in [0.1, 0.15) is 41.0 Å². The van der Waals surface area contributed by atoms with Gasteiger partial charge in [-0.2, -0.15) is 5.26 Å². The number of nitriles is 1. The van der Waals surface area contributed by atoms with Crippen LogP contribution in [0.4, 0.5) is 5.00 Å². The van der Waals surface area contributed by atoms with E-state index in [9.17, 15) is 4.79 Å². The van der Waals surface area contributed by atoms with Crippen LogP contribution in [0.15, 0.2) is 53.2 Å². The van der Waals surface area contributed by atoms with Crippen molar-refractivity contribution in [1.82, 2.24) is 0 Å². The summed E-state index contributed by atoms with van der Waals surface area (Å²) in [5, 5.41) is 18.5. The molecule has 0 aliphatic heterocycles. The highest BCUT2D eigenvalue weighted by Crippen LogP contribution is 2.24. The number of rotatable bonds is 8. The Kier molecular flexibility index (Phi) is 6.77. The molecule has 0 bridgehead atoms. The standard InChI is InChI=1S/C21H21N3OS2/c1-2-4-15-6-8-16(9-7-15)20(18-5-3-11-26-18)23-14-19(25)24-21-17(13-22)10-12-27-21/h3,5-12,20,23H,2,4,14H2,1H3,(H,24,25)/p+1/t20-/m0/s1. The van der Waals surface area contributed by atoms with Crippen LogP contribution >= 0.6 is 22.7 Å². The van der Waals surface area contributed by atoms with Crippen molar-refractivity contribution in [2.24, 2.45) is 0 Å². The normalized spacial score (nSPS) is 11.7. The molecule has 0 spiro atoms. The lowest BCUT2D eigenvalue weighted by molar-refractivity contribution is -0.675. The molecule has 1 atom stereocenters. The number of nitrogens with one attached hydrogen (secondary N) is 1. The molecule has 2 heterocycles. The molecule has 6 heteroatoms. The highest BCUT2D eigenvalue weighted by molar-refractivity contribution is 7.14. The zero-order valence-corrected chi connectivity index (χ0v) is 16.8. The van der Waals surface area contributed by atoms with Crippen molar-refractivity contribution in [3.63, 3.8) is 0 Å². The van der Waals surface area contributed by atoms with E-state index in [1.807, 2.05) is 11.4 Å². The van der Waals surface area contributed by atoms with E-state index in [2.05, 4.69) is 59.3 Å². The molecule has 138 valence electrons. The zero-order valence-electron chi connectivity index (χ0n) is 15.1. The summed E-state index contributed by atoms with van der Waals surface area (Å²) >= 11 is 3.07. The fraction of sp³-hybridized carbons (Fsp3) is 0.238. The van der Waals surface area contributed by atoms with Crippen molar-refractivity contribution in [2.75, 3.05) is 11.9 Å². The number of anilines is 1. The number of nitrogens with two attached hydrogens (primary N) is 1. The van der Waals surface area contributed by atoms with E-state index in [1.54, 1.807) is 17.4 Å². The Morgan fingerprint density at radius 1 is 1.19 bits per heavy atom. The maximum Gasteiger partial charge on any atom is 0.280 e. The molecule has 0 saturated heterocycles. The molecule has 1 amide bonds. The molecule has 2 aromatic heterocycles. The van der Waals surface area contributed by atoms with Gasteiger partial charge in [0.05, 0.1) is 10.4 Å². The minimum atomic E-state index is -0.0990. The van der Waals surface area contributed by atoms with E-state index in [4.69, 9.17) is 5.26 Å². The Balaban J connectivity index is 1.69. The van der Waals surface area contributed by atoms with Crippen LogP contribution in [0, 0.1) is 11.3 Å². The van der Waals surface area contributed by atoms with Crippen molar-refractivity contribution in [3.8, 4) is 6.07 Å². The lowest BCUT2D eigenvalue weighted by Gasteiger charge is -2.15. The number of amides is 1. The van der Waals surface area contributed by atoms with Gasteiger partial charge in [-0.15, -0.1) is 22.7 Å². The summed E-state index contributed by atoms with van der Waals surface area (Å²) in [5.41, 5.74) is 3.04. The number of thiophene rings is 2. The van der Waals surface area contributed by atoms with Crippen molar-refractivity contribution in [2.45, 2.75) is 25.8 Å². The van der Waals surface area contributed by atoms with Crippen LogP contribution in [0.5, 0.6) is 0 Å². The first-order chi connectivity index (χ1) is 13.2. The Hall–Kier alpha value is -2.46. The van der Waals surface area contributed by atoms with Gasteiger partial charge >= 0.3 is 0 Å². The largest absolute Gasteiger partial charge is 0.328 e. The number of carbonyl (C=O) groups excluding carboxylic acids is 1. The van der Waals surface area contributed by atoms with Gasteiger partial charge in [-0.25, -0.2) is 0 Å².